The summed E-state index contributed by atoms with van der Waals surface area (Å²) in [5, 5.41) is 0. The number of nitrogens with two attached hydrogens (primary N) is 1. The van der Waals surface area contributed by atoms with Crippen LogP contribution in [-0.2, 0) is 6.61 Å². The fourth-order valence-corrected chi connectivity index (χ4v) is 1.87. The molecular formula is C12H13N3OS. The highest BCUT2D eigenvalue weighted by molar-refractivity contribution is 7.98. The molecule has 1 aromatic heterocycles. The maximum absolute atomic E-state index is 5.69. The first-order valence-electron chi connectivity index (χ1n) is 5.12. The van der Waals surface area contributed by atoms with Crippen LogP contribution in [0.4, 0.5) is 5.82 Å². The van der Waals surface area contributed by atoms with Crippen LogP contribution in [0.2, 0.25) is 0 Å². The van der Waals surface area contributed by atoms with Crippen LogP contribution in [0.5, 0.6) is 5.75 Å². The molecule has 5 heteroatoms. The standard InChI is InChI=1S/C12H13N3OS/c1-17-11-5-3-2-4-10(11)16-8-9-6-15-12(13)7-14-9/h2-7H,8H2,1H3,(H2,13,15). The SMILES string of the molecule is CSc1ccccc1OCc1cnc(N)cn1. The topological polar surface area (TPSA) is 61.0 Å². The number of aromatic nitrogens is 2. The number of para-hydroxylation sites is 1. The molecule has 1 heterocycles. The van der Waals surface area contributed by atoms with Crippen LogP contribution < -0.4 is 10.5 Å². The third-order valence-corrected chi connectivity index (χ3v) is 2.95. The minimum atomic E-state index is 0.394. The zero-order valence-corrected chi connectivity index (χ0v) is 10.3. The Labute approximate surface area is 104 Å². The number of benzene rings is 1. The van der Waals surface area contributed by atoms with Gasteiger partial charge >= 0.3 is 0 Å². The van der Waals surface area contributed by atoms with E-state index in [1.165, 1.54) is 6.20 Å². The van der Waals surface area contributed by atoms with Crippen molar-refractivity contribution in [2.24, 2.45) is 0 Å². The lowest BCUT2D eigenvalue weighted by Gasteiger charge is -2.09. The van der Waals surface area contributed by atoms with Crippen LogP contribution in [-0.4, -0.2) is 16.2 Å². The van der Waals surface area contributed by atoms with E-state index < -0.39 is 0 Å². The number of ether oxygens (including phenoxy) is 1. The van der Waals surface area contributed by atoms with Crippen LogP contribution in [0.3, 0.4) is 0 Å². The van der Waals surface area contributed by atoms with E-state index in [0.717, 1.165) is 16.3 Å². The zero-order chi connectivity index (χ0) is 12.1. The molecule has 0 saturated heterocycles. The summed E-state index contributed by atoms with van der Waals surface area (Å²) in [4.78, 5) is 9.20. The summed E-state index contributed by atoms with van der Waals surface area (Å²) in [5.41, 5.74) is 6.22. The van der Waals surface area contributed by atoms with Gasteiger partial charge in [0, 0.05) is 4.90 Å². The van der Waals surface area contributed by atoms with Crippen molar-refractivity contribution in [3.63, 3.8) is 0 Å². The molecule has 0 radical (unpaired) electrons. The molecule has 0 saturated carbocycles. The molecule has 0 unspecified atom stereocenters. The Morgan fingerprint density at radius 2 is 2.06 bits per heavy atom. The first-order chi connectivity index (χ1) is 8.29. The Morgan fingerprint density at radius 1 is 1.24 bits per heavy atom. The van der Waals surface area contributed by atoms with Gasteiger partial charge in [-0.25, -0.2) is 4.98 Å². The van der Waals surface area contributed by atoms with Gasteiger partial charge < -0.3 is 10.5 Å². The lowest BCUT2D eigenvalue weighted by Crippen LogP contribution is -2.01. The van der Waals surface area contributed by atoms with E-state index in [1.807, 2.05) is 30.5 Å². The van der Waals surface area contributed by atoms with Crippen molar-refractivity contribution in [2.75, 3.05) is 12.0 Å². The van der Waals surface area contributed by atoms with E-state index in [1.54, 1.807) is 18.0 Å². The van der Waals surface area contributed by atoms with Gasteiger partial charge in [0.15, 0.2) is 0 Å². The average molecular weight is 247 g/mol. The highest BCUT2D eigenvalue weighted by atomic mass is 32.2. The quantitative estimate of drug-likeness (QED) is 0.840. The predicted octanol–water partition coefficient (Wildman–Crippen LogP) is 2.36. The molecule has 17 heavy (non-hydrogen) atoms. The van der Waals surface area contributed by atoms with Gasteiger partial charge in [-0.1, -0.05) is 12.1 Å². The molecule has 1 aromatic carbocycles. The third kappa shape index (κ3) is 3.10. The van der Waals surface area contributed by atoms with Gasteiger partial charge in [-0.3, -0.25) is 4.98 Å². The first kappa shape index (κ1) is 11.7. The molecule has 2 aromatic rings. The number of hydrogen-bond donors (Lipinski definition) is 1. The van der Waals surface area contributed by atoms with Gasteiger partial charge in [0.25, 0.3) is 0 Å². The third-order valence-electron chi connectivity index (χ3n) is 2.17. The van der Waals surface area contributed by atoms with E-state index in [4.69, 9.17) is 10.5 Å². The van der Waals surface area contributed by atoms with Gasteiger partial charge in [-0.05, 0) is 18.4 Å². The fourth-order valence-electron chi connectivity index (χ4n) is 1.33. The largest absolute Gasteiger partial charge is 0.486 e. The molecule has 2 N–H and O–H groups in total. The van der Waals surface area contributed by atoms with Crippen molar-refractivity contribution < 1.29 is 4.74 Å². The molecule has 0 aliphatic heterocycles. The van der Waals surface area contributed by atoms with Crippen LogP contribution in [0.25, 0.3) is 0 Å². The van der Waals surface area contributed by atoms with E-state index in [9.17, 15) is 0 Å². The zero-order valence-electron chi connectivity index (χ0n) is 9.46. The highest BCUT2D eigenvalue weighted by Crippen LogP contribution is 2.27. The summed E-state index contributed by atoms with van der Waals surface area (Å²) in [6.07, 6.45) is 5.17. The summed E-state index contributed by atoms with van der Waals surface area (Å²) in [5.74, 6) is 1.27. The predicted molar refractivity (Wildman–Crippen MR) is 69.0 cm³/mol. The smallest absolute Gasteiger partial charge is 0.141 e. The summed E-state index contributed by atoms with van der Waals surface area (Å²) in [6.45, 7) is 0.394. The summed E-state index contributed by atoms with van der Waals surface area (Å²) in [7, 11) is 0. The highest BCUT2D eigenvalue weighted by Gasteiger charge is 2.02. The lowest BCUT2D eigenvalue weighted by atomic mass is 10.3. The van der Waals surface area contributed by atoms with E-state index in [2.05, 4.69) is 9.97 Å². The maximum atomic E-state index is 5.69. The monoisotopic (exact) mass is 247 g/mol. The van der Waals surface area contributed by atoms with Crippen molar-refractivity contribution in [1.82, 2.24) is 9.97 Å². The molecule has 2 rings (SSSR count). The van der Waals surface area contributed by atoms with Crippen molar-refractivity contribution in [3.05, 3.63) is 42.4 Å². The first-order valence-corrected chi connectivity index (χ1v) is 6.34. The molecule has 0 aliphatic rings. The minimum Gasteiger partial charge on any atom is -0.486 e. The van der Waals surface area contributed by atoms with Gasteiger partial charge in [-0.2, -0.15) is 0 Å². The fraction of sp³-hybridized carbons (Fsp3) is 0.167. The van der Waals surface area contributed by atoms with Gasteiger partial charge in [-0.15, -0.1) is 11.8 Å². The molecule has 4 nitrogen and oxygen atoms in total. The number of thioether (sulfide) groups is 1. The van der Waals surface area contributed by atoms with Crippen LogP contribution >= 0.6 is 11.8 Å². The maximum Gasteiger partial charge on any atom is 0.141 e. The number of hydrogen-bond acceptors (Lipinski definition) is 5. The average Bonchev–Trinajstić information content (AvgIpc) is 2.38. The van der Waals surface area contributed by atoms with Gasteiger partial charge in [0.1, 0.15) is 18.2 Å². The molecule has 0 fully saturated rings. The van der Waals surface area contributed by atoms with Crippen molar-refractivity contribution >= 4 is 17.6 Å². The number of rotatable bonds is 4. The number of nitrogens with zero attached hydrogens (tertiary/aromatic N) is 2. The Balaban J connectivity index is 2.04. The summed E-state index contributed by atoms with van der Waals surface area (Å²) < 4.78 is 5.69. The second kappa shape index (κ2) is 5.54. The number of anilines is 1. The normalized spacial score (nSPS) is 10.2. The van der Waals surface area contributed by atoms with Crippen molar-refractivity contribution in [3.8, 4) is 5.75 Å². The Bertz CT molecular complexity index is 487. The van der Waals surface area contributed by atoms with Crippen molar-refractivity contribution in [2.45, 2.75) is 11.5 Å². The second-order valence-corrected chi connectivity index (χ2v) is 4.22. The second-order valence-electron chi connectivity index (χ2n) is 3.37. The molecular weight excluding hydrogens is 234 g/mol. The molecule has 0 atom stereocenters. The van der Waals surface area contributed by atoms with E-state index >= 15 is 0 Å². The molecule has 0 aliphatic carbocycles. The lowest BCUT2D eigenvalue weighted by molar-refractivity contribution is 0.294. The Hall–Kier alpha value is -1.75. The molecule has 0 amide bonds. The molecule has 0 bridgehead atoms. The van der Waals surface area contributed by atoms with Gasteiger partial charge in [0.2, 0.25) is 0 Å². The van der Waals surface area contributed by atoms with Crippen molar-refractivity contribution in [1.29, 1.82) is 0 Å². The van der Waals surface area contributed by atoms with Crippen LogP contribution in [0.1, 0.15) is 5.69 Å². The molecule has 0 spiro atoms. The molecule has 88 valence electrons. The Morgan fingerprint density at radius 3 is 2.76 bits per heavy atom. The van der Waals surface area contributed by atoms with E-state index in [0.29, 0.717) is 12.4 Å². The Kier molecular flexibility index (Phi) is 3.82. The van der Waals surface area contributed by atoms with Crippen LogP contribution in [0, 0.1) is 0 Å². The number of nitrogen functional groups attached to an aromatic ring is 1. The summed E-state index contributed by atoms with van der Waals surface area (Å²) in [6, 6.07) is 7.90. The minimum absolute atomic E-state index is 0.394. The van der Waals surface area contributed by atoms with Crippen LogP contribution in [0.15, 0.2) is 41.6 Å². The summed E-state index contributed by atoms with van der Waals surface area (Å²) >= 11 is 1.65. The van der Waals surface area contributed by atoms with Gasteiger partial charge in [0.05, 0.1) is 18.1 Å². The van der Waals surface area contributed by atoms with E-state index in [-0.39, 0.29) is 0 Å².